The first-order valence-electron chi connectivity index (χ1n) is 5.89. The summed E-state index contributed by atoms with van der Waals surface area (Å²) in [6.45, 7) is 1.81. The van der Waals surface area contributed by atoms with E-state index < -0.39 is 0 Å². The van der Waals surface area contributed by atoms with Gasteiger partial charge >= 0.3 is 0 Å². The summed E-state index contributed by atoms with van der Waals surface area (Å²) in [6.07, 6.45) is 9.97. The summed E-state index contributed by atoms with van der Waals surface area (Å²) in [7, 11) is 0. The molecule has 0 aromatic heterocycles. The third kappa shape index (κ3) is 2.05. The number of hydrogen-bond acceptors (Lipinski definition) is 1. The van der Waals surface area contributed by atoms with Crippen LogP contribution in [0.4, 0.5) is 0 Å². The summed E-state index contributed by atoms with van der Waals surface area (Å²) >= 11 is 0. The molecule has 1 saturated heterocycles. The van der Waals surface area contributed by atoms with Gasteiger partial charge in [0.25, 0.3) is 0 Å². The van der Waals surface area contributed by atoms with E-state index in [-0.39, 0.29) is 4.65 Å². The number of piperidine rings is 1. The van der Waals surface area contributed by atoms with E-state index >= 15 is 0 Å². The second-order valence-corrected chi connectivity index (χ2v) is 4.75. The number of hydrogen-bond donors (Lipinski definition) is 0. The summed E-state index contributed by atoms with van der Waals surface area (Å²) in [4.78, 5) is 0. The highest BCUT2D eigenvalue weighted by molar-refractivity contribution is 4.69. The molecule has 0 atom stereocenters. The fourth-order valence-electron chi connectivity index (χ4n) is 2.96. The number of hydroxylamine groups is 3. The summed E-state index contributed by atoms with van der Waals surface area (Å²) in [5.41, 5.74) is 0. The standard InChI is InChI=1S/C11H21NO/c13-12(9-5-2-6-10-12)11-7-3-1-4-8-11/h11H,1-10H2. The molecular weight excluding hydrogens is 162 g/mol. The first-order chi connectivity index (χ1) is 6.31. The lowest BCUT2D eigenvalue weighted by Crippen LogP contribution is -2.54. The Kier molecular flexibility index (Phi) is 2.89. The van der Waals surface area contributed by atoms with Crippen molar-refractivity contribution < 1.29 is 4.65 Å². The van der Waals surface area contributed by atoms with Crippen molar-refractivity contribution in [2.45, 2.75) is 57.4 Å². The van der Waals surface area contributed by atoms with Gasteiger partial charge in [-0.15, -0.1) is 0 Å². The van der Waals surface area contributed by atoms with Gasteiger partial charge in [0.05, 0.1) is 19.1 Å². The van der Waals surface area contributed by atoms with Gasteiger partial charge in [0.2, 0.25) is 0 Å². The molecular formula is C11H21NO. The predicted octanol–water partition coefficient (Wildman–Crippen LogP) is 2.82. The lowest BCUT2D eigenvalue weighted by molar-refractivity contribution is -0.911. The second kappa shape index (κ2) is 3.97. The van der Waals surface area contributed by atoms with Crippen molar-refractivity contribution in [1.29, 1.82) is 0 Å². The molecule has 2 rings (SSSR count). The Balaban J connectivity index is 1.94. The molecule has 13 heavy (non-hydrogen) atoms. The van der Waals surface area contributed by atoms with E-state index in [1.807, 2.05) is 0 Å². The molecule has 1 aliphatic heterocycles. The molecule has 76 valence electrons. The second-order valence-electron chi connectivity index (χ2n) is 4.75. The van der Waals surface area contributed by atoms with Gasteiger partial charge in [-0.05, 0) is 44.9 Å². The number of rotatable bonds is 1. The van der Waals surface area contributed by atoms with Crippen molar-refractivity contribution in [2.75, 3.05) is 13.1 Å². The van der Waals surface area contributed by atoms with Gasteiger partial charge in [-0.25, -0.2) is 0 Å². The van der Waals surface area contributed by atoms with Crippen LogP contribution < -0.4 is 0 Å². The molecule has 0 aromatic rings. The van der Waals surface area contributed by atoms with Gasteiger partial charge < -0.3 is 9.85 Å². The van der Waals surface area contributed by atoms with Gasteiger partial charge in [-0.3, -0.25) is 0 Å². The largest absolute Gasteiger partial charge is 0.633 e. The first kappa shape index (κ1) is 9.47. The molecule has 0 N–H and O–H groups in total. The lowest BCUT2D eigenvalue weighted by atomic mass is 9.92. The van der Waals surface area contributed by atoms with Gasteiger partial charge in [0.1, 0.15) is 0 Å². The maximum Gasteiger partial charge on any atom is 0.0887 e. The fraction of sp³-hybridized carbons (Fsp3) is 1.00. The fourth-order valence-corrected chi connectivity index (χ4v) is 2.96. The SMILES string of the molecule is [O-][N+]1(C2CCCCC2)CCCCC1. The molecule has 1 saturated carbocycles. The Hall–Kier alpha value is -0.0800. The molecule has 2 heteroatoms. The molecule has 0 unspecified atom stereocenters. The highest BCUT2D eigenvalue weighted by Crippen LogP contribution is 2.30. The van der Waals surface area contributed by atoms with E-state index in [1.54, 1.807) is 0 Å². The Morgan fingerprint density at radius 2 is 1.31 bits per heavy atom. The van der Waals surface area contributed by atoms with E-state index in [0.717, 1.165) is 13.1 Å². The van der Waals surface area contributed by atoms with E-state index in [9.17, 15) is 5.21 Å². The van der Waals surface area contributed by atoms with Crippen molar-refractivity contribution in [1.82, 2.24) is 0 Å². The van der Waals surface area contributed by atoms with Crippen molar-refractivity contribution in [3.8, 4) is 0 Å². The molecule has 0 aromatic carbocycles. The minimum absolute atomic E-state index is 0.167. The van der Waals surface area contributed by atoms with Crippen LogP contribution in [0.3, 0.4) is 0 Å². The topological polar surface area (TPSA) is 23.1 Å². The average Bonchev–Trinajstić information content (AvgIpc) is 2.20. The molecule has 1 aliphatic carbocycles. The van der Waals surface area contributed by atoms with Crippen LogP contribution in [0.5, 0.6) is 0 Å². The summed E-state index contributed by atoms with van der Waals surface area (Å²) < 4.78 is 0.167. The highest BCUT2D eigenvalue weighted by Gasteiger charge is 2.31. The Morgan fingerprint density at radius 1 is 0.769 bits per heavy atom. The van der Waals surface area contributed by atoms with Crippen LogP contribution in [0.1, 0.15) is 51.4 Å². The van der Waals surface area contributed by atoms with Gasteiger partial charge in [0, 0.05) is 0 Å². The van der Waals surface area contributed by atoms with Crippen molar-refractivity contribution in [2.24, 2.45) is 0 Å². The average molecular weight is 183 g/mol. The zero-order valence-electron chi connectivity index (χ0n) is 8.50. The number of likely N-dealkylation sites (tertiary alicyclic amines) is 1. The van der Waals surface area contributed by atoms with Gasteiger partial charge in [-0.2, -0.15) is 0 Å². The van der Waals surface area contributed by atoms with Crippen LogP contribution in [0.15, 0.2) is 0 Å². The summed E-state index contributed by atoms with van der Waals surface area (Å²) in [5.74, 6) is 0. The third-order valence-electron chi connectivity index (χ3n) is 3.81. The zero-order chi connectivity index (χ0) is 9.15. The van der Waals surface area contributed by atoms with E-state index in [1.165, 1.54) is 51.4 Å². The quantitative estimate of drug-likeness (QED) is 0.453. The molecule has 2 nitrogen and oxygen atoms in total. The molecule has 0 radical (unpaired) electrons. The molecule has 1 heterocycles. The monoisotopic (exact) mass is 183 g/mol. The minimum Gasteiger partial charge on any atom is -0.633 e. The van der Waals surface area contributed by atoms with E-state index in [2.05, 4.69) is 0 Å². The van der Waals surface area contributed by atoms with Crippen LogP contribution in [0.25, 0.3) is 0 Å². The lowest BCUT2D eigenvalue weighted by Gasteiger charge is -2.52. The van der Waals surface area contributed by atoms with Crippen LogP contribution in [0.2, 0.25) is 0 Å². The molecule has 0 spiro atoms. The normalized spacial score (nSPS) is 30.2. The summed E-state index contributed by atoms with van der Waals surface area (Å²) in [6, 6.07) is 0.467. The van der Waals surface area contributed by atoms with Crippen molar-refractivity contribution in [3.63, 3.8) is 0 Å². The van der Waals surface area contributed by atoms with Crippen LogP contribution in [-0.4, -0.2) is 23.8 Å². The molecule has 2 aliphatic rings. The van der Waals surface area contributed by atoms with Crippen LogP contribution >= 0.6 is 0 Å². The molecule has 2 fully saturated rings. The smallest absolute Gasteiger partial charge is 0.0887 e. The maximum absolute atomic E-state index is 12.4. The molecule has 0 bridgehead atoms. The van der Waals surface area contributed by atoms with Gasteiger partial charge in [-0.1, -0.05) is 6.42 Å². The summed E-state index contributed by atoms with van der Waals surface area (Å²) in [5, 5.41) is 12.4. The van der Waals surface area contributed by atoms with Crippen LogP contribution in [0, 0.1) is 5.21 Å². The maximum atomic E-state index is 12.4. The van der Waals surface area contributed by atoms with Crippen molar-refractivity contribution >= 4 is 0 Å². The highest BCUT2D eigenvalue weighted by atomic mass is 16.5. The van der Waals surface area contributed by atoms with Crippen LogP contribution in [-0.2, 0) is 0 Å². The van der Waals surface area contributed by atoms with Gasteiger partial charge in [0.15, 0.2) is 0 Å². The first-order valence-corrected chi connectivity index (χ1v) is 5.89. The molecule has 0 amide bonds. The van der Waals surface area contributed by atoms with E-state index in [0.29, 0.717) is 6.04 Å². The minimum atomic E-state index is 0.167. The Morgan fingerprint density at radius 3 is 1.92 bits per heavy atom. The number of nitrogens with zero attached hydrogens (tertiary/aromatic N) is 1. The van der Waals surface area contributed by atoms with Crippen molar-refractivity contribution in [3.05, 3.63) is 5.21 Å². The Labute approximate surface area is 81.1 Å². The Bertz CT molecular complexity index is 157. The van der Waals surface area contributed by atoms with E-state index in [4.69, 9.17) is 0 Å². The third-order valence-corrected chi connectivity index (χ3v) is 3.81. The number of quaternary nitrogens is 1. The zero-order valence-corrected chi connectivity index (χ0v) is 8.50. The predicted molar refractivity (Wildman–Crippen MR) is 54.1 cm³/mol.